The van der Waals surface area contributed by atoms with Crippen molar-refractivity contribution in [1.29, 1.82) is 0 Å². The summed E-state index contributed by atoms with van der Waals surface area (Å²) in [6.07, 6.45) is 0.0721. The summed E-state index contributed by atoms with van der Waals surface area (Å²) in [4.78, 5) is 32.5. The molecule has 0 aliphatic carbocycles. The van der Waals surface area contributed by atoms with Gasteiger partial charge < -0.3 is 19.7 Å². The van der Waals surface area contributed by atoms with Crippen LogP contribution in [0.15, 0.2) is 65.7 Å². The predicted octanol–water partition coefficient (Wildman–Crippen LogP) is 5.16. The minimum atomic E-state index is -0.401. The monoisotopic (exact) mass is 477 g/mol. The van der Waals surface area contributed by atoms with Gasteiger partial charge in [0.25, 0.3) is 0 Å². The molecule has 7 nitrogen and oxygen atoms in total. The molecule has 0 fully saturated rings. The van der Waals surface area contributed by atoms with Gasteiger partial charge in [-0.2, -0.15) is 0 Å². The van der Waals surface area contributed by atoms with Crippen molar-refractivity contribution in [3.8, 4) is 11.5 Å². The van der Waals surface area contributed by atoms with E-state index < -0.39 is 5.91 Å². The molecule has 1 N–H and O–H groups in total. The van der Waals surface area contributed by atoms with Gasteiger partial charge in [-0.1, -0.05) is 53.6 Å². The van der Waals surface area contributed by atoms with Crippen LogP contribution in [0.4, 0.5) is 17.1 Å². The second kappa shape index (κ2) is 9.97. The maximum absolute atomic E-state index is 13.3. The summed E-state index contributed by atoms with van der Waals surface area (Å²) in [5, 5.41) is 3.11. The van der Waals surface area contributed by atoms with Crippen LogP contribution in [-0.2, 0) is 9.59 Å². The lowest BCUT2D eigenvalue weighted by Gasteiger charge is -2.22. The number of anilines is 2. The van der Waals surface area contributed by atoms with Crippen LogP contribution in [0.3, 0.4) is 0 Å². The first-order valence-electron chi connectivity index (χ1n) is 10.6. The fraction of sp³-hybridized carbons (Fsp3) is 0.192. The number of nitrogens with zero attached hydrogens (tertiary/aromatic N) is 2. The average Bonchev–Trinajstić information content (AvgIpc) is 2.96. The van der Waals surface area contributed by atoms with Gasteiger partial charge in [0.2, 0.25) is 11.8 Å². The second-order valence-corrected chi connectivity index (χ2v) is 8.21. The molecule has 8 heteroatoms. The van der Waals surface area contributed by atoms with E-state index in [4.69, 9.17) is 26.1 Å². The van der Waals surface area contributed by atoms with E-state index in [1.165, 1.54) is 19.1 Å². The van der Waals surface area contributed by atoms with E-state index in [-0.39, 0.29) is 18.9 Å². The van der Waals surface area contributed by atoms with Crippen LogP contribution >= 0.6 is 11.6 Å². The molecule has 3 aromatic rings. The number of benzene rings is 3. The molecule has 0 spiro atoms. The van der Waals surface area contributed by atoms with Gasteiger partial charge in [-0.3, -0.25) is 14.6 Å². The number of carbonyl (C=O) groups is 2. The largest absolute Gasteiger partial charge is 0.495 e. The summed E-state index contributed by atoms with van der Waals surface area (Å²) >= 11 is 6.22. The van der Waals surface area contributed by atoms with Gasteiger partial charge in [-0.15, -0.1) is 0 Å². The summed E-state index contributed by atoms with van der Waals surface area (Å²) in [7, 11) is 2.98. The molecule has 0 bridgehead atoms. The van der Waals surface area contributed by atoms with Crippen LogP contribution < -0.4 is 19.7 Å². The summed E-state index contributed by atoms with van der Waals surface area (Å²) in [5.74, 6) is 0.191. The van der Waals surface area contributed by atoms with Crippen LogP contribution in [-0.4, -0.2) is 38.3 Å². The van der Waals surface area contributed by atoms with E-state index in [1.54, 1.807) is 18.2 Å². The number of carbonyl (C=O) groups excluding carboxylic acids is 2. The van der Waals surface area contributed by atoms with Crippen LogP contribution in [0.5, 0.6) is 11.5 Å². The van der Waals surface area contributed by atoms with Crippen molar-refractivity contribution in [2.45, 2.75) is 13.3 Å². The lowest BCUT2D eigenvalue weighted by molar-refractivity contribution is -0.120. The number of rotatable bonds is 6. The number of halogens is 1. The molecule has 0 atom stereocenters. The van der Waals surface area contributed by atoms with Crippen LogP contribution in [0.2, 0.25) is 5.02 Å². The first-order valence-corrected chi connectivity index (χ1v) is 11.0. The van der Waals surface area contributed by atoms with Crippen molar-refractivity contribution in [2.24, 2.45) is 4.99 Å². The van der Waals surface area contributed by atoms with Crippen molar-refractivity contribution in [3.63, 3.8) is 0 Å². The number of amides is 2. The van der Waals surface area contributed by atoms with E-state index in [0.29, 0.717) is 39.3 Å². The van der Waals surface area contributed by atoms with Gasteiger partial charge in [0, 0.05) is 6.07 Å². The van der Waals surface area contributed by atoms with Crippen LogP contribution in [0, 0.1) is 6.92 Å². The van der Waals surface area contributed by atoms with Gasteiger partial charge in [0.1, 0.15) is 18.0 Å². The zero-order valence-corrected chi connectivity index (χ0v) is 19.8. The maximum Gasteiger partial charge on any atom is 0.244 e. The third kappa shape index (κ3) is 4.89. The molecular formula is C26H24ClN3O4. The standard InChI is InChI=1S/C26H24ClN3O4/c1-16-8-10-17(11-9-16)20-13-26(32)30(22-7-5-4-6-19(22)28-20)15-25(31)29-21-12-18(27)23(33-2)14-24(21)34-3/h4-12,14H,13,15H2,1-3H3,(H,29,31). The fourth-order valence-electron chi connectivity index (χ4n) is 3.72. The number of methoxy groups -OCH3 is 2. The second-order valence-electron chi connectivity index (χ2n) is 7.81. The van der Waals surface area contributed by atoms with Gasteiger partial charge in [0.05, 0.1) is 48.4 Å². The Bertz CT molecular complexity index is 1270. The zero-order chi connectivity index (χ0) is 24.2. The van der Waals surface area contributed by atoms with Crippen molar-refractivity contribution in [3.05, 3.63) is 76.8 Å². The molecule has 3 aromatic carbocycles. The Hall–Kier alpha value is -3.84. The maximum atomic E-state index is 13.3. The Labute approximate surface area is 203 Å². The van der Waals surface area contributed by atoms with Gasteiger partial charge >= 0.3 is 0 Å². The number of para-hydroxylation sites is 2. The molecule has 0 saturated carbocycles. The van der Waals surface area contributed by atoms with Crippen molar-refractivity contribution in [1.82, 2.24) is 0 Å². The van der Waals surface area contributed by atoms with Gasteiger partial charge in [-0.05, 0) is 30.7 Å². The first-order chi connectivity index (χ1) is 16.4. The molecule has 1 aliphatic rings. The summed E-state index contributed by atoms with van der Waals surface area (Å²) in [5.41, 5.74) is 4.23. The highest BCUT2D eigenvalue weighted by Gasteiger charge is 2.27. The SMILES string of the molecule is COc1cc(OC)c(NC(=O)CN2C(=O)CC(c3ccc(C)cc3)=Nc3ccccc32)cc1Cl. The number of aliphatic imine (C=N–C) groups is 1. The summed E-state index contributed by atoms with van der Waals surface area (Å²) in [6, 6.07) is 18.3. The van der Waals surface area contributed by atoms with Gasteiger partial charge in [0.15, 0.2) is 0 Å². The van der Waals surface area contributed by atoms with Crippen molar-refractivity contribution in [2.75, 3.05) is 31.0 Å². The summed E-state index contributed by atoms with van der Waals surface area (Å²) in [6.45, 7) is 1.81. The zero-order valence-electron chi connectivity index (χ0n) is 19.1. The van der Waals surface area contributed by atoms with Crippen LogP contribution in [0.1, 0.15) is 17.5 Å². The molecule has 4 rings (SSSR count). The predicted molar refractivity (Wildman–Crippen MR) is 134 cm³/mol. The van der Waals surface area contributed by atoms with Crippen molar-refractivity contribution >= 4 is 46.2 Å². The lowest BCUT2D eigenvalue weighted by atomic mass is 10.1. The molecule has 0 radical (unpaired) electrons. The molecular weight excluding hydrogens is 454 g/mol. The highest BCUT2D eigenvalue weighted by molar-refractivity contribution is 6.32. The number of ether oxygens (including phenoxy) is 2. The summed E-state index contributed by atoms with van der Waals surface area (Å²) < 4.78 is 10.5. The smallest absolute Gasteiger partial charge is 0.244 e. The molecule has 34 heavy (non-hydrogen) atoms. The highest BCUT2D eigenvalue weighted by atomic mass is 35.5. The minimum Gasteiger partial charge on any atom is -0.495 e. The van der Waals surface area contributed by atoms with E-state index in [1.807, 2.05) is 49.4 Å². The molecule has 174 valence electrons. The van der Waals surface area contributed by atoms with Crippen molar-refractivity contribution < 1.29 is 19.1 Å². The Balaban J connectivity index is 1.60. The molecule has 1 heterocycles. The van der Waals surface area contributed by atoms with E-state index in [9.17, 15) is 9.59 Å². The van der Waals surface area contributed by atoms with E-state index in [0.717, 1.165) is 11.1 Å². The van der Waals surface area contributed by atoms with E-state index >= 15 is 0 Å². The Morgan fingerprint density at radius 2 is 1.76 bits per heavy atom. The first kappa shape index (κ1) is 23.3. The number of aryl methyl sites for hydroxylation is 1. The minimum absolute atomic E-state index is 0.0721. The molecule has 0 aromatic heterocycles. The molecule has 0 saturated heterocycles. The number of hydrogen-bond acceptors (Lipinski definition) is 5. The Morgan fingerprint density at radius 1 is 1.06 bits per heavy atom. The Morgan fingerprint density at radius 3 is 2.47 bits per heavy atom. The number of hydrogen-bond donors (Lipinski definition) is 1. The van der Waals surface area contributed by atoms with Gasteiger partial charge in [-0.25, -0.2) is 0 Å². The molecule has 0 unspecified atom stereocenters. The molecule has 1 aliphatic heterocycles. The van der Waals surface area contributed by atoms with E-state index in [2.05, 4.69) is 5.32 Å². The third-order valence-corrected chi connectivity index (χ3v) is 5.78. The fourth-order valence-corrected chi connectivity index (χ4v) is 3.96. The Kier molecular flexibility index (Phi) is 6.84. The topological polar surface area (TPSA) is 80.2 Å². The highest BCUT2D eigenvalue weighted by Crippen LogP contribution is 2.36. The quantitative estimate of drug-likeness (QED) is 0.531. The normalized spacial score (nSPS) is 13.0. The van der Waals surface area contributed by atoms with Crippen LogP contribution in [0.25, 0.3) is 0 Å². The average molecular weight is 478 g/mol. The third-order valence-electron chi connectivity index (χ3n) is 5.48. The molecule has 2 amide bonds. The number of nitrogens with one attached hydrogen (secondary N) is 1. The number of fused-ring (bicyclic) bond motifs is 1. The lowest BCUT2D eigenvalue weighted by Crippen LogP contribution is -2.38.